The van der Waals surface area contributed by atoms with E-state index >= 15 is 0 Å². The minimum atomic E-state index is -3.78. The van der Waals surface area contributed by atoms with Crippen molar-refractivity contribution in [3.05, 3.63) is 83.7 Å². The number of sulfonamides is 1. The fourth-order valence-electron chi connectivity index (χ4n) is 4.71. The van der Waals surface area contributed by atoms with Gasteiger partial charge in [0.05, 0.1) is 11.0 Å². The van der Waals surface area contributed by atoms with Crippen molar-refractivity contribution in [3.63, 3.8) is 0 Å². The highest BCUT2D eigenvalue weighted by atomic mass is 32.2. The van der Waals surface area contributed by atoms with E-state index in [9.17, 15) is 18.3 Å². The number of hydrogen-bond acceptors (Lipinski definition) is 6. The number of fused-ring (bicyclic) bond motifs is 1. The highest BCUT2D eigenvalue weighted by Gasteiger charge is 2.26. The van der Waals surface area contributed by atoms with Gasteiger partial charge in [-0.15, -0.1) is 0 Å². The fourth-order valence-corrected chi connectivity index (χ4v) is 5.82. The Morgan fingerprint density at radius 1 is 1.07 bits per heavy atom. The fraction of sp³-hybridized carbons (Fsp3) is 0.400. The van der Waals surface area contributed by atoms with E-state index in [1.54, 1.807) is 53.7 Å². The summed E-state index contributed by atoms with van der Waals surface area (Å²) in [5.74, 6) is 0. The first-order valence-electron chi connectivity index (χ1n) is 14.0. The Balaban J connectivity index is 1.26. The number of urea groups is 1. The van der Waals surface area contributed by atoms with Crippen molar-refractivity contribution in [2.45, 2.75) is 56.4 Å². The summed E-state index contributed by atoms with van der Waals surface area (Å²) in [5, 5.41) is 16.4. The van der Waals surface area contributed by atoms with E-state index in [1.165, 1.54) is 0 Å². The number of benzene rings is 2. The molecule has 0 spiro atoms. The zero-order valence-electron chi connectivity index (χ0n) is 23.0. The van der Waals surface area contributed by atoms with Gasteiger partial charge in [-0.25, -0.2) is 13.2 Å². The molecule has 3 aromatic rings. The molecular weight excluding hydrogens is 526 g/mol. The van der Waals surface area contributed by atoms with E-state index in [0.717, 1.165) is 54.5 Å². The van der Waals surface area contributed by atoms with Gasteiger partial charge in [0.15, 0.2) is 0 Å². The average molecular weight is 566 g/mol. The molecule has 2 heterocycles. The SMILES string of the molecule is CCCCCCNC(=O)N1CCc2cc(S(=O)(=O)Nc3ccc(CCNC[C@H](O)c4cccnc4)cc3)ccc21. The molecular formula is C30H39N5O4S. The third-order valence-corrected chi connectivity index (χ3v) is 8.39. The van der Waals surface area contributed by atoms with Crippen LogP contribution in [0.25, 0.3) is 0 Å². The summed E-state index contributed by atoms with van der Waals surface area (Å²) >= 11 is 0. The van der Waals surface area contributed by atoms with E-state index in [1.807, 2.05) is 18.2 Å². The van der Waals surface area contributed by atoms with E-state index in [2.05, 4.69) is 27.3 Å². The molecule has 1 aromatic heterocycles. The average Bonchev–Trinajstić information content (AvgIpc) is 3.40. The molecule has 40 heavy (non-hydrogen) atoms. The minimum absolute atomic E-state index is 0.135. The summed E-state index contributed by atoms with van der Waals surface area (Å²) in [5.41, 5.74) is 3.91. The van der Waals surface area contributed by atoms with Crippen LogP contribution >= 0.6 is 0 Å². The van der Waals surface area contributed by atoms with Crippen LogP contribution in [-0.4, -0.2) is 50.7 Å². The van der Waals surface area contributed by atoms with E-state index in [0.29, 0.717) is 38.3 Å². The quantitative estimate of drug-likeness (QED) is 0.215. The summed E-state index contributed by atoms with van der Waals surface area (Å²) in [4.78, 5) is 18.5. The Morgan fingerprint density at radius 2 is 1.90 bits per heavy atom. The number of pyridine rings is 1. The van der Waals surface area contributed by atoms with Crippen molar-refractivity contribution >= 4 is 27.4 Å². The lowest BCUT2D eigenvalue weighted by Crippen LogP contribution is -2.39. The van der Waals surface area contributed by atoms with Crippen LogP contribution < -0.4 is 20.3 Å². The van der Waals surface area contributed by atoms with Gasteiger partial charge >= 0.3 is 6.03 Å². The molecule has 1 atom stereocenters. The highest BCUT2D eigenvalue weighted by molar-refractivity contribution is 7.92. The van der Waals surface area contributed by atoms with Gasteiger partial charge in [0.1, 0.15) is 0 Å². The molecule has 0 saturated heterocycles. The van der Waals surface area contributed by atoms with E-state index in [-0.39, 0.29) is 10.9 Å². The molecule has 0 unspecified atom stereocenters. The second-order valence-electron chi connectivity index (χ2n) is 10.0. The van der Waals surface area contributed by atoms with Crippen molar-refractivity contribution in [3.8, 4) is 0 Å². The zero-order valence-corrected chi connectivity index (χ0v) is 23.8. The third kappa shape index (κ3) is 8.03. The van der Waals surface area contributed by atoms with Crippen LogP contribution in [0.15, 0.2) is 71.9 Å². The van der Waals surface area contributed by atoms with Crippen LogP contribution in [0.4, 0.5) is 16.2 Å². The Kier molecular flexibility index (Phi) is 10.5. The lowest BCUT2D eigenvalue weighted by Gasteiger charge is -2.18. The number of unbranched alkanes of at least 4 members (excludes halogenated alkanes) is 3. The van der Waals surface area contributed by atoms with Crippen LogP contribution in [-0.2, 0) is 22.9 Å². The number of amides is 2. The lowest BCUT2D eigenvalue weighted by molar-refractivity contribution is 0.174. The second-order valence-corrected chi connectivity index (χ2v) is 11.7. The number of aliphatic hydroxyl groups is 1. The molecule has 1 aliphatic rings. The number of carbonyl (C=O) groups is 1. The van der Waals surface area contributed by atoms with Crippen molar-refractivity contribution in [2.75, 3.05) is 35.8 Å². The molecule has 2 aromatic carbocycles. The minimum Gasteiger partial charge on any atom is -0.387 e. The summed E-state index contributed by atoms with van der Waals surface area (Å²) in [6, 6.07) is 15.7. The van der Waals surface area contributed by atoms with Crippen LogP contribution in [0.1, 0.15) is 55.4 Å². The monoisotopic (exact) mass is 565 g/mol. The van der Waals surface area contributed by atoms with Gasteiger partial charge in [0, 0.05) is 49.0 Å². The predicted molar refractivity (Wildman–Crippen MR) is 158 cm³/mol. The maximum Gasteiger partial charge on any atom is 0.321 e. The maximum atomic E-state index is 13.1. The number of nitrogens with zero attached hydrogens (tertiary/aromatic N) is 2. The van der Waals surface area contributed by atoms with E-state index < -0.39 is 16.1 Å². The van der Waals surface area contributed by atoms with Gasteiger partial charge in [-0.1, -0.05) is 44.4 Å². The molecule has 214 valence electrons. The number of hydrogen-bond donors (Lipinski definition) is 4. The molecule has 10 heteroatoms. The van der Waals surface area contributed by atoms with Gasteiger partial charge in [-0.05, 0) is 73.3 Å². The molecule has 4 N–H and O–H groups in total. The third-order valence-electron chi connectivity index (χ3n) is 7.01. The summed E-state index contributed by atoms with van der Waals surface area (Å²) in [6.45, 7) is 4.43. The molecule has 0 radical (unpaired) electrons. The molecule has 4 rings (SSSR count). The molecule has 0 bridgehead atoms. The van der Waals surface area contributed by atoms with Crippen molar-refractivity contribution in [2.24, 2.45) is 0 Å². The maximum absolute atomic E-state index is 13.1. The zero-order chi connectivity index (χ0) is 28.4. The second kappa shape index (κ2) is 14.2. The van der Waals surface area contributed by atoms with Crippen molar-refractivity contribution < 1.29 is 18.3 Å². The van der Waals surface area contributed by atoms with Crippen LogP contribution in [0.5, 0.6) is 0 Å². The van der Waals surface area contributed by atoms with E-state index in [4.69, 9.17) is 0 Å². The topological polar surface area (TPSA) is 124 Å². The van der Waals surface area contributed by atoms with Gasteiger partial charge in [0.2, 0.25) is 0 Å². The number of aliphatic hydroxyl groups excluding tert-OH is 1. The number of carbonyl (C=O) groups excluding carboxylic acids is 1. The summed E-state index contributed by atoms with van der Waals surface area (Å²) < 4.78 is 28.8. The molecule has 0 aliphatic carbocycles. The van der Waals surface area contributed by atoms with Gasteiger partial charge in [-0.2, -0.15) is 0 Å². The molecule has 0 fully saturated rings. The number of aromatic nitrogens is 1. The Bertz CT molecular complexity index is 1350. The highest BCUT2D eigenvalue weighted by Crippen LogP contribution is 2.31. The Hall–Kier alpha value is -3.47. The summed E-state index contributed by atoms with van der Waals surface area (Å²) in [6.07, 6.45) is 8.42. The van der Waals surface area contributed by atoms with Crippen LogP contribution in [0.3, 0.4) is 0 Å². The van der Waals surface area contributed by atoms with Gasteiger partial charge < -0.3 is 15.7 Å². The lowest BCUT2D eigenvalue weighted by atomic mass is 10.1. The Labute approximate surface area is 237 Å². The smallest absolute Gasteiger partial charge is 0.321 e. The largest absolute Gasteiger partial charge is 0.387 e. The molecule has 1 aliphatic heterocycles. The number of anilines is 2. The normalized spacial score (nSPS) is 13.6. The van der Waals surface area contributed by atoms with Crippen molar-refractivity contribution in [1.29, 1.82) is 0 Å². The molecule has 9 nitrogen and oxygen atoms in total. The Morgan fingerprint density at radius 3 is 2.65 bits per heavy atom. The first kappa shape index (κ1) is 29.5. The molecule has 0 saturated carbocycles. The molecule has 2 amide bonds. The summed E-state index contributed by atoms with van der Waals surface area (Å²) in [7, 11) is -3.78. The van der Waals surface area contributed by atoms with Crippen LogP contribution in [0.2, 0.25) is 0 Å². The van der Waals surface area contributed by atoms with Gasteiger partial charge in [-0.3, -0.25) is 14.6 Å². The van der Waals surface area contributed by atoms with Crippen molar-refractivity contribution in [1.82, 2.24) is 15.6 Å². The first-order valence-corrected chi connectivity index (χ1v) is 15.4. The van der Waals surface area contributed by atoms with Crippen LogP contribution in [0, 0.1) is 0 Å². The van der Waals surface area contributed by atoms with Gasteiger partial charge in [0.25, 0.3) is 10.0 Å². The predicted octanol–water partition coefficient (Wildman–Crippen LogP) is 4.40. The first-order chi connectivity index (χ1) is 19.4. The number of rotatable bonds is 14. The number of nitrogens with one attached hydrogen (secondary N) is 3. The standard InChI is InChI=1S/C30H39N5O4S/c1-2-3-4-5-17-33-30(37)35-19-15-24-20-27(12-13-28(24)35)40(38,39)34-26-10-8-23(9-11-26)14-18-32-22-29(36)25-7-6-16-31-21-25/h6-13,16,20-21,29,32,34,36H,2-5,14-15,17-19,22H2,1H3,(H,33,37)/t29-/m0/s1.